The fourth-order valence-corrected chi connectivity index (χ4v) is 3.24. The summed E-state index contributed by atoms with van der Waals surface area (Å²) in [6.45, 7) is 4.87. The van der Waals surface area contributed by atoms with Crippen molar-refractivity contribution in [2.75, 3.05) is 13.7 Å². The number of nitrogens with two attached hydrogens (primary N) is 1. The highest BCUT2D eigenvalue weighted by atomic mass is 32.1. The molecule has 110 valence electrons. The average molecular weight is 303 g/mol. The van der Waals surface area contributed by atoms with Crippen LogP contribution in [0, 0.1) is 0 Å². The molecule has 5 nitrogen and oxygen atoms in total. The highest BCUT2D eigenvalue weighted by Crippen LogP contribution is 2.38. The van der Waals surface area contributed by atoms with Crippen molar-refractivity contribution in [2.45, 2.75) is 19.3 Å². The normalized spacial score (nSPS) is 17.0. The van der Waals surface area contributed by atoms with E-state index in [0.717, 1.165) is 22.2 Å². The maximum Gasteiger partial charge on any atom is 0.337 e. The number of rotatable bonds is 1. The van der Waals surface area contributed by atoms with E-state index in [-0.39, 0.29) is 11.4 Å². The number of hydrogen-bond acceptors (Lipinski definition) is 4. The topological polar surface area (TPSA) is 71.4 Å². The highest BCUT2D eigenvalue weighted by molar-refractivity contribution is 7.80. The summed E-state index contributed by atoms with van der Waals surface area (Å²) in [5.74, 6) is 5.64. The van der Waals surface area contributed by atoms with Gasteiger partial charge in [-0.25, -0.2) is 10.6 Å². The Kier molecular flexibility index (Phi) is 3.04. The van der Waals surface area contributed by atoms with Crippen LogP contribution in [0.2, 0.25) is 0 Å². The first-order valence-corrected chi connectivity index (χ1v) is 7.07. The molecular formula is C15H17N3O2S. The van der Waals surface area contributed by atoms with E-state index in [4.69, 9.17) is 22.8 Å². The molecule has 2 aromatic rings. The average Bonchev–Trinajstić information content (AvgIpc) is 2.83. The van der Waals surface area contributed by atoms with E-state index in [1.165, 1.54) is 7.11 Å². The molecule has 0 radical (unpaired) electrons. The summed E-state index contributed by atoms with van der Waals surface area (Å²) in [4.78, 5) is 15.7. The third-order valence-corrected chi connectivity index (χ3v) is 4.38. The van der Waals surface area contributed by atoms with E-state index in [1.807, 2.05) is 12.1 Å². The Morgan fingerprint density at radius 2 is 2.19 bits per heavy atom. The van der Waals surface area contributed by atoms with Crippen LogP contribution in [0.3, 0.4) is 0 Å². The molecule has 1 aromatic carbocycles. The maximum absolute atomic E-state index is 11.7. The van der Waals surface area contributed by atoms with E-state index in [9.17, 15) is 4.79 Å². The zero-order valence-electron chi connectivity index (χ0n) is 12.2. The molecule has 1 aliphatic rings. The van der Waals surface area contributed by atoms with Crippen LogP contribution in [-0.2, 0) is 10.2 Å². The van der Waals surface area contributed by atoms with Gasteiger partial charge in [0.05, 0.1) is 18.4 Å². The lowest BCUT2D eigenvalue weighted by atomic mass is 9.80. The lowest BCUT2D eigenvalue weighted by Crippen LogP contribution is -2.49. The molecule has 0 atom stereocenters. The van der Waals surface area contributed by atoms with Gasteiger partial charge in [0.1, 0.15) is 4.99 Å². The Hall–Kier alpha value is -1.92. The zero-order chi connectivity index (χ0) is 15.4. The number of hydrazine groups is 1. The van der Waals surface area contributed by atoms with Crippen molar-refractivity contribution in [3.63, 3.8) is 0 Å². The molecule has 0 unspecified atom stereocenters. The number of nitrogens with one attached hydrogen (secondary N) is 1. The van der Waals surface area contributed by atoms with Crippen molar-refractivity contribution in [3.05, 3.63) is 35.0 Å². The molecule has 0 bridgehead atoms. The van der Waals surface area contributed by atoms with E-state index in [0.29, 0.717) is 17.1 Å². The quantitative estimate of drug-likeness (QED) is 0.479. The lowest BCUT2D eigenvalue weighted by Gasteiger charge is -2.37. The van der Waals surface area contributed by atoms with Crippen molar-refractivity contribution < 1.29 is 9.53 Å². The number of carbonyl (C=O) groups is 1. The largest absolute Gasteiger partial charge is 0.465 e. The molecule has 21 heavy (non-hydrogen) atoms. The fourth-order valence-electron chi connectivity index (χ4n) is 3.02. The summed E-state index contributed by atoms with van der Waals surface area (Å²) in [5, 5.41) is 2.59. The summed E-state index contributed by atoms with van der Waals surface area (Å²) in [5.41, 5.74) is 3.28. The predicted molar refractivity (Wildman–Crippen MR) is 85.3 cm³/mol. The minimum absolute atomic E-state index is 0.167. The number of nitrogens with zero attached hydrogens (tertiary/aromatic N) is 1. The van der Waals surface area contributed by atoms with E-state index >= 15 is 0 Å². The van der Waals surface area contributed by atoms with E-state index < -0.39 is 0 Å². The van der Waals surface area contributed by atoms with Gasteiger partial charge >= 0.3 is 5.97 Å². The zero-order valence-corrected chi connectivity index (χ0v) is 13.0. The number of thiocarbonyl (C=S) groups is 1. The van der Waals surface area contributed by atoms with Crippen LogP contribution in [0.5, 0.6) is 0 Å². The number of carbonyl (C=O) groups excluding carboxylic acids is 1. The Labute approximate surface area is 128 Å². The predicted octanol–water partition coefficient (Wildman–Crippen LogP) is 2.10. The number of benzene rings is 1. The molecule has 6 heteroatoms. The van der Waals surface area contributed by atoms with Crippen molar-refractivity contribution >= 4 is 34.1 Å². The molecule has 0 amide bonds. The smallest absolute Gasteiger partial charge is 0.337 e. The number of aromatic amines is 1. The molecule has 0 fully saturated rings. The van der Waals surface area contributed by atoms with Gasteiger partial charge in [-0.05, 0) is 23.8 Å². The molecule has 1 aliphatic heterocycles. The molecule has 3 rings (SSSR count). The molecule has 3 N–H and O–H groups in total. The summed E-state index contributed by atoms with van der Waals surface area (Å²) in [6, 6.07) is 5.47. The number of ether oxygens (including phenoxy) is 1. The third kappa shape index (κ3) is 2.02. The Bertz CT molecular complexity index is 764. The van der Waals surface area contributed by atoms with Gasteiger partial charge in [-0.3, -0.25) is 5.01 Å². The number of esters is 1. The first-order valence-electron chi connectivity index (χ1n) is 6.66. The number of hydrogen-bond donors (Lipinski definition) is 2. The van der Waals surface area contributed by atoms with Gasteiger partial charge < -0.3 is 9.72 Å². The van der Waals surface area contributed by atoms with Gasteiger partial charge in [-0.2, -0.15) is 0 Å². The first kappa shape index (κ1) is 14.0. The molecule has 0 saturated heterocycles. The summed E-state index contributed by atoms with van der Waals surface area (Å²) >= 11 is 5.41. The van der Waals surface area contributed by atoms with Crippen LogP contribution >= 0.6 is 12.2 Å². The van der Waals surface area contributed by atoms with Crippen LogP contribution in [0.4, 0.5) is 0 Å². The fraction of sp³-hybridized carbons (Fsp3) is 0.333. The van der Waals surface area contributed by atoms with Gasteiger partial charge in [-0.15, -0.1) is 0 Å². The van der Waals surface area contributed by atoms with Gasteiger partial charge in [0.2, 0.25) is 0 Å². The second kappa shape index (κ2) is 4.54. The minimum atomic E-state index is -0.344. The number of methoxy groups -OCH3 is 1. The van der Waals surface area contributed by atoms with Crippen molar-refractivity contribution in [1.82, 2.24) is 9.99 Å². The second-order valence-electron chi connectivity index (χ2n) is 5.94. The Balaban J connectivity index is 2.30. The molecule has 0 saturated carbocycles. The monoisotopic (exact) mass is 303 g/mol. The summed E-state index contributed by atoms with van der Waals surface area (Å²) in [7, 11) is 1.38. The van der Waals surface area contributed by atoms with Gasteiger partial charge in [0, 0.05) is 22.9 Å². The van der Waals surface area contributed by atoms with Crippen molar-refractivity contribution in [3.8, 4) is 0 Å². The first-order chi connectivity index (χ1) is 9.85. The molecular weight excluding hydrogens is 286 g/mol. The Morgan fingerprint density at radius 3 is 2.86 bits per heavy atom. The standard InChI is InChI=1S/C15H17N3O2S/c1-15(2)7-18(16)13(21)12-11(15)9-6-8(14(19)20-3)4-5-10(9)17-12/h4-6,17H,7,16H2,1-3H3. The van der Waals surface area contributed by atoms with Crippen molar-refractivity contribution in [1.29, 1.82) is 0 Å². The van der Waals surface area contributed by atoms with E-state index in [1.54, 1.807) is 11.1 Å². The maximum atomic E-state index is 11.7. The summed E-state index contributed by atoms with van der Waals surface area (Å²) in [6.07, 6.45) is 0. The van der Waals surface area contributed by atoms with Gasteiger partial charge in [0.25, 0.3) is 0 Å². The minimum Gasteiger partial charge on any atom is -0.465 e. The lowest BCUT2D eigenvalue weighted by molar-refractivity contribution is 0.0601. The van der Waals surface area contributed by atoms with E-state index in [2.05, 4.69) is 18.8 Å². The van der Waals surface area contributed by atoms with Crippen LogP contribution < -0.4 is 5.84 Å². The van der Waals surface area contributed by atoms with Crippen molar-refractivity contribution in [2.24, 2.45) is 5.84 Å². The SMILES string of the molecule is COC(=O)c1ccc2[nH]c3c(c2c1)C(C)(C)CN(N)C3=S. The molecule has 0 spiro atoms. The molecule has 1 aromatic heterocycles. The number of aromatic nitrogens is 1. The molecule has 2 heterocycles. The Morgan fingerprint density at radius 1 is 1.48 bits per heavy atom. The summed E-state index contributed by atoms with van der Waals surface area (Å²) < 4.78 is 4.79. The third-order valence-electron chi connectivity index (χ3n) is 3.94. The van der Waals surface area contributed by atoms with Crippen LogP contribution in [0.15, 0.2) is 18.2 Å². The van der Waals surface area contributed by atoms with Crippen LogP contribution in [-0.4, -0.2) is 34.6 Å². The van der Waals surface area contributed by atoms with Gasteiger partial charge in [0.15, 0.2) is 0 Å². The van der Waals surface area contributed by atoms with Crippen LogP contribution in [0.1, 0.15) is 35.5 Å². The molecule has 0 aliphatic carbocycles. The number of H-pyrrole nitrogens is 1. The second-order valence-corrected chi connectivity index (χ2v) is 6.33. The number of fused-ring (bicyclic) bond motifs is 3. The van der Waals surface area contributed by atoms with Crippen LogP contribution in [0.25, 0.3) is 10.9 Å². The highest BCUT2D eigenvalue weighted by Gasteiger charge is 2.36. The van der Waals surface area contributed by atoms with Gasteiger partial charge in [-0.1, -0.05) is 26.1 Å².